The minimum Gasteiger partial charge on any atom is -0.462 e. The second-order valence-electron chi connectivity index (χ2n) is 6.35. The molecule has 0 radical (unpaired) electrons. The maximum atomic E-state index is 12.9. The number of hydrogen-bond acceptors (Lipinski definition) is 3. The molecule has 134 valence electrons. The van der Waals surface area contributed by atoms with E-state index in [2.05, 4.69) is 18.2 Å². The molecule has 1 heterocycles. The summed E-state index contributed by atoms with van der Waals surface area (Å²) in [6.07, 6.45) is 0. The molecule has 0 spiro atoms. The minimum atomic E-state index is -0.365. The van der Waals surface area contributed by atoms with E-state index in [4.69, 9.17) is 9.15 Å². The third-order valence-electron chi connectivity index (χ3n) is 4.66. The third-order valence-corrected chi connectivity index (χ3v) is 4.66. The van der Waals surface area contributed by atoms with Gasteiger partial charge in [0.2, 0.25) is 0 Å². The normalized spacial score (nSPS) is 10.9. The molecule has 0 N–H and O–H groups in total. The van der Waals surface area contributed by atoms with Gasteiger partial charge in [-0.15, -0.1) is 0 Å². The summed E-state index contributed by atoms with van der Waals surface area (Å²) in [7, 11) is 0. The third kappa shape index (κ3) is 3.02. The van der Waals surface area contributed by atoms with Crippen LogP contribution in [0, 0.1) is 6.92 Å². The molecule has 1 aromatic heterocycles. The average Bonchev–Trinajstić information content (AvgIpc) is 3.05. The van der Waals surface area contributed by atoms with Crippen molar-refractivity contribution in [1.29, 1.82) is 0 Å². The molecule has 0 bridgehead atoms. The van der Waals surface area contributed by atoms with Crippen LogP contribution >= 0.6 is 0 Å². The summed E-state index contributed by atoms with van der Waals surface area (Å²) in [5.74, 6) is 0.888. The van der Waals surface area contributed by atoms with E-state index >= 15 is 0 Å². The second kappa shape index (κ2) is 7.12. The zero-order valence-corrected chi connectivity index (χ0v) is 15.4. The molecule has 0 aliphatic heterocycles. The fourth-order valence-electron chi connectivity index (χ4n) is 3.50. The summed E-state index contributed by atoms with van der Waals surface area (Å²) in [6, 6.07) is 23.9. The summed E-state index contributed by atoms with van der Waals surface area (Å²) in [5, 5.41) is 2.20. The molecule has 0 aliphatic rings. The monoisotopic (exact) mass is 356 g/mol. The number of ether oxygens (including phenoxy) is 1. The molecule has 3 nitrogen and oxygen atoms in total. The maximum Gasteiger partial charge on any atom is 0.342 e. The van der Waals surface area contributed by atoms with Crippen molar-refractivity contribution in [2.24, 2.45) is 0 Å². The first-order valence-corrected chi connectivity index (χ1v) is 9.04. The van der Waals surface area contributed by atoms with Gasteiger partial charge in [0.1, 0.15) is 17.1 Å². The van der Waals surface area contributed by atoms with Gasteiger partial charge in [0.05, 0.1) is 6.61 Å². The van der Waals surface area contributed by atoms with Gasteiger partial charge in [-0.25, -0.2) is 4.79 Å². The van der Waals surface area contributed by atoms with Gasteiger partial charge in [-0.3, -0.25) is 0 Å². The van der Waals surface area contributed by atoms with Crippen LogP contribution in [0.2, 0.25) is 0 Å². The Kier molecular flexibility index (Phi) is 4.51. The number of carbonyl (C=O) groups excluding carboxylic acids is 1. The molecule has 0 unspecified atom stereocenters. The van der Waals surface area contributed by atoms with Gasteiger partial charge in [0.15, 0.2) is 0 Å². The van der Waals surface area contributed by atoms with Gasteiger partial charge in [-0.05, 0) is 30.2 Å². The molecule has 0 atom stereocenters. The molecular formula is C24H20O3. The second-order valence-corrected chi connectivity index (χ2v) is 6.35. The van der Waals surface area contributed by atoms with Crippen molar-refractivity contribution in [2.45, 2.75) is 13.8 Å². The Hall–Kier alpha value is -3.33. The molecule has 3 aromatic carbocycles. The van der Waals surface area contributed by atoms with Crippen molar-refractivity contribution in [3.8, 4) is 22.5 Å². The average molecular weight is 356 g/mol. The quantitative estimate of drug-likeness (QED) is 0.406. The van der Waals surface area contributed by atoms with E-state index in [0.29, 0.717) is 23.7 Å². The highest BCUT2D eigenvalue weighted by molar-refractivity contribution is 6.08. The molecular weight excluding hydrogens is 336 g/mol. The summed E-state index contributed by atoms with van der Waals surface area (Å²) in [6.45, 7) is 4.02. The van der Waals surface area contributed by atoms with Crippen molar-refractivity contribution in [2.75, 3.05) is 6.61 Å². The lowest BCUT2D eigenvalue weighted by Crippen LogP contribution is -2.06. The van der Waals surface area contributed by atoms with Gasteiger partial charge < -0.3 is 9.15 Å². The number of furan rings is 1. The molecule has 0 aliphatic carbocycles. The number of hydrogen-bond donors (Lipinski definition) is 0. The van der Waals surface area contributed by atoms with E-state index in [1.54, 1.807) is 0 Å². The number of carbonyl (C=O) groups is 1. The first kappa shape index (κ1) is 17.1. The van der Waals surface area contributed by atoms with E-state index in [1.165, 1.54) is 0 Å². The number of benzene rings is 3. The topological polar surface area (TPSA) is 39.4 Å². The van der Waals surface area contributed by atoms with Crippen LogP contribution in [0.25, 0.3) is 33.2 Å². The number of rotatable bonds is 4. The van der Waals surface area contributed by atoms with E-state index in [0.717, 1.165) is 27.5 Å². The SMILES string of the molecule is CCOC(=O)c1c(-c2ccccc2)oc(C)c1-c1cccc2ccccc12. The Balaban J connectivity index is 2.03. The molecule has 0 amide bonds. The minimum absolute atomic E-state index is 0.312. The molecule has 4 rings (SSSR count). The van der Waals surface area contributed by atoms with E-state index in [-0.39, 0.29) is 5.97 Å². The van der Waals surface area contributed by atoms with E-state index < -0.39 is 0 Å². The predicted octanol–water partition coefficient (Wildman–Crippen LogP) is 6.25. The molecule has 0 saturated heterocycles. The predicted molar refractivity (Wildman–Crippen MR) is 108 cm³/mol. The zero-order valence-electron chi connectivity index (χ0n) is 15.4. The highest BCUT2D eigenvalue weighted by Gasteiger charge is 2.27. The van der Waals surface area contributed by atoms with Gasteiger partial charge in [0, 0.05) is 11.1 Å². The van der Waals surface area contributed by atoms with E-state index in [1.807, 2.05) is 68.4 Å². The highest BCUT2D eigenvalue weighted by atomic mass is 16.5. The fourth-order valence-corrected chi connectivity index (χ4v) is 3.50. The van der Waals surface area contributed by atoms with Crippen LogP contribution in [0.3, 0.4) is 0 Å². The van der Waals surface area contributed by atoms with Gasteiger partial charge in [0.25, 0.3) is 0 Å². The Labute approximate surface area is 158 Å². The molecule has 0 saturated carbocycles. The maximum absolute atomic E-state index is 12.9. The van der Waals surface area contributed by atoms with Crippen LogP contribution in [0.4, 0.5) is 0 Å². The summed E-state index contributed by atoms with van der Waals surface area (Å²) >= 11 is 0. The van der Waals surface area contributed by atoms with Crippen molar-refractivity contribution in [3.63, 3.8) is 0 Å². The van der Waals surface area contributed by atoms with Crippen LogP contribution in [0.15, 0.2) is 77.2 Å². The standard InChI is InChI=1S/C24H20O3/c1-3-26-24(25)22-21(16(2)27-23(22)18-11-5-4-6-12-18)20-15-9-13-17-10-7-8-14-19(17)20/h4-15H,3H2,1-2H3. The fraction of sp³-hybridized carbons (Fsp3) is 0.125. The Bertz CT molecular complexity index is 1100. The molecule has 27 heavy (non-hydrogen) atoms. The van der Waals surface area contributed by atoms with Crippen LogP contribution in [0.5, 0.6) is 0 Å². The molecule has 3 heteroatoms. The van der Waals surface area contributed by atoms with Crippen molar-refractivity contribution >= 4 is 16.7 Å². The van der Waals surface area contributed by atoms with Crippen molar-refractivity contribution in [1.82, 2.24) is 0 Å². The van der Waals surface area contributed by atoms with Crippen LogP contribution in [-0.2, 0) is 4.74 Å². The van der Waals surface area contributed by atoms with Crippen molar-refractivity contribution < 1.29 is 13.9 Å². The van der Waals surface area contributed by atoms with E-state index in [9.17, 15) is 4.79 Å². The largest absolute Gasteiger partial charge is 0.462 e. The Morgan fingerprint density at radius 2 is 1.63 bits per heavy atom. The molecule has 4 aromatic rings. The lowest BCUT2D eigenvalue weighted by atomic mass is 9.94. The number of aryl methyl sites for hydroxylation is 1. The highest BCUT2D eigenvalue weighted by Crippen LogP contribution is 2.40. The Morgan fingerprint density at radius 3 is 2.41 bits per heavy atom. The first-order chi connectivity index (χ1) is 13.2. The van der Waals surface area contributed by atoms with Gasteiger partial charge in [-0.2, -0.15) is 0 Å². The Morgan fingerprint density at radius 1 is 0.926 bits per heavy atom. The summed E-state index contributed by atoms with van der Waals surface area (Å²) in [5.41, 5.74) is 3.11. The smallest absolute Gasteiger partial charge is 0.342 e. The summed E-state index contributed by atoms with van der Waals surface area (Å²) < 4.78 is 11.5. The molecule has 0 fully saturated rings. The lowest BCUT2D eigenvalue weighted by Gasteiger charge is -2.09. The number of fused-ring (bicyclic) bond motifs is 1. The summed E-state index contributed by atoms with van der Waals surface area (Å²) in [4.78, 5) is 12.9. The zero-order chi connectivity index (χ0) is 18.8. The first-order valence-electron chi connectivity index (χ1n) is 9.04. The van der Waals surface area contributed by atoms with Crippen molar-refractivity contribution in [3.05, 3.63) is 84.1 Å². The lowest BCUT2D eigenvalue weighted by molar-refractivity contribution is 0.0527. The van der Waals surface area contributed by atoms with Crippen LogP contribution in [0.1, 0.15) is 23.0 Å². The van der Waals surface area contributed by atoms with Gasteiger partial charge in [-0.1, -0.05) is 72.8 Å². The van der Waals surface area contributed by atoms with Crippen LogP contribution < -0.4 is 0 Å². The number of esters is 1. The van der Waals surface area contributed by atoms with Gasteiger partial charge >= 0.3 is 5.97 Å². The van der Waals surface area contributed by atoms with Crippen LogP contribution in [-0.4, -0.2) is 12.6 Å².